The molecule has 2 atom stereocenters. The van der Waals surface area contributed by atoms with Gasteiger partial charge in [0.15, 0.2) is 0 Å². The fourth-order valence-corrected chi connectivity index (χ4v) is 2.96. The van der Waals surface area contributed by atoms with E-state index in [1.807, 2.05) is 0 Å². The second-order valence-corrected chi connectivity index (χ2v) is 5.97. The van der Waals surface area contributed by atoms with Gasteiger partial charge in [0.2, 0.25) is 0 Å². The van der Waals surface area contributed by atoms with Crippen LogP contribution in [-0.4, -0.2) is 25.0 Å². The monoisotopic (exact) mass is 248 g/mol. The molecule has 0 aromatic carbocycles. The summed E-state index contributed by atoms with van der Waals surface area (Å²) in [5.74, 6) is 7.83. The summed E-state index contributed by atoms with van der Waals surface area (Å²) in [5.41, 5.74) is 6.46. The molecule has 2 rings (SSSR count). The summed E-state index contributed by atoms with van der Waals surface area (Å²) in [5, 5.41) is 2.12. The van der Waals surface area contributed by atoms with Gasteiger partial charge in [0.1, 0.15) is 0 Å². The maximum absolute atomic E-state index is 5.36. The van der Waals surface area contributed by atoms with E-state index >= 15 is 0 Å². The van der Waals surface area contributed by atoms with Crippen LogP contribution in [0.25, 0.3) is 0 Å². The van der Waals surface area contributed by atoms with E-state index in [1.54, 1.807) is 11.3 Å². The van der Waals surface area contributed by atoms with Crippen molar-refractivity contribution in [1.29, 1.82) is 0 Å². The number of rotatable bonds is 4. The van der Waals surface area contributed by atoms with Gasteiger partial charge in [-0.25, -0.2) is 0 Å². The predicted octanol–water partition coefficient (Wildman–Crippen LogP) is 2.15. The molecule has 1 aliphatic rings. The molecular weight excluding hydrogens is 228 g/mol. The molecular formula is C14H20N2S. The van der Waals surface area contributed by atoms with E-state index in [-0.39, 0.29) is 0 Å². The van der Waals surface area contributed by atoms with Gasteiger partial charge < -0.3 is 10.6 Å². The van der Waals surface area contributed by atoms with Crippen molar-refractivity contribution in [3.63, 3.8) is 0 Å². The Hall–Kier alpha value is -0.820. The molecule has 0 spiro atoms. The van der Waals surface area contributed by atoms with Gasteiger partial charge >= 0.3 is 0 Å². The molecule has 3 heteroatoms. The van der Waals surface area contributed by atoms with Crippen molar-refractivity contribution in [3.05, 3.63) is 21.9 Å². The average Bonchev–Trinajstić information content (AvgIpc) is 2.78. The maximum Gasteiger partial charge on any atom is 0.0555 e. The summed E-state index contributed by atoms with van der Waals surface area (Å²) in [7, 11) is 2.20. The Labute approximate surface area is 108 Å². The van der Waals surface area contributed by atoms with Crippen molar-refractivity contribution in [2.45, 2.75) is 19.9 Å². The molecule has 1 aromatic rings. The Morgan fingerprint density at radius 3 is 3.00 bits per heavy atom. The van der Waals surface area contributed by atoms with Crippen LogP contribution < -0.4 is 5.73 Å². The third-order valence-corrected chi connectivity index (χ3v) is 4.16. The van der Waals surface area contributed by atoms with E-state index in [2.05, 4.69) is 42.2 Å². The minimum atomic E-state index is 0.435. The summed E-state index contributed by atoms with van der Waals surface area (Å²) in [6.07, 6.45) is 1.40. The van der Waals surface area contributed by atoms with Crippen molar-refractivity contribution < 1.29 is 0 Å². The summed E-state index contributed by atoms with van der Waals surface area (Å²) >= 11 is 1.79. The first-order valence-electron chi connectivity index (χ1n) is 6.14. The van der Waals surface area contributed by atoms with E-state index in [9.17, 15) is 0 Å². The van der Waals surface area contributed by atoms with E-state index in [4.69, 9.17) is 5.73 Å². The van der Waals surface area contributed by atoms with Crippen LogP contribution >= 0.6 is 11.3 Å². The maximum atomic E-state index is 5.36. The Balaban J connectivity index is 1.83. The molecule has 2 unspecified atom stereocenters. The van der Waals surface area contributed by atoms with E-state index < -0.39 is 0 Å². The van der Waals surface area contributed by atoms with Gasteiger partial charge in [-0.05, 0) is 31.4 Å². The average molecular weight is 248 g/mol. The minimum absolute atomic E-state index is 0.435. The quantitative estimate of drug-likeness (QED) is 0.827. The van der Waals surface area contributed by atoms with Gasteiger partial charge in [0.25, 0.3) is 0 Å². The third-order valence-electron chi connectivity index (χ3n) is 3.24. The summed E-state index contributed by atoms with van der Waals surface area (Å²) < 4.78 is 0. The highest BCUT2D eigenvalue weighted by molar-refractivity contribution is 7.10. The molecule has 92 valence electrons. The Morgan fingerprint density at radius 1 is 1.59 bits per heavy atom. The van der Waals surface area contributed by atoms with E-state index in [0.717, 1.165) is 23.9 Å². The van der Waals surface area contributed by atoms with Crippen LogP contribution in [0.5, 0.6) is 0 Å². The highest BCUT2D eigenvalue weighted by atomic mass is 32.1. The standard InChI is InChI=1S/C14H20N2S/c1-11-6-13(11)8-16(2)9-14-7-12(10-17-14)4-3-5-15/h7,10-11,13H,5-6,8-9,15H2,1-2H3. The zero-order valence-electron chi connectivity index (χ0n) is 10.6. The van der Waals surface area contributed by atoms with Crippen molar-refractivity contribution in [3.8, 4) is 11.8 Å². The normalized spacial score (nSPS) is 22.4. The van der Waals surface area contributed by atoms with E-state index in [1.165, 1.54) is 17.8 Å². The molecule has 1 aromatic heterocycles. The first-order valence-corrected chi connectivity index (χ1v) is 7.02. The number of thiophene rings is 1. The molecule has 0 radical (unpaired) electrons. The highest BCUT2D eigenvalue weighted by Crippen LogP contribution is 2.38. The molecule has 0 saturated heterocycles. The molecule has 2 nitrogen and oxygen atoms in total. The first-order chi connectivity index (χ1) is 8.19. The number of nitrogens with two attached hydrogens (primary N) is 1. The van der Waals surface area contributed by atoms with Gasteiger partial charge in [0.05, 0.1) is 6.54 Å². The van der Waals surface area contributed by atoms with Gasteiger partial charge in [0, 0.05) is 28.9 Å². The van der Waals surface area contributed by atoms with Crippen molar-refractivity contribution in [1.82, 2.24) is 4.90 Å². The smallest absolute Gasteiger partial charge is 0.0555 e. The lowest BCUT2D eigenvalue weighted by Gasteiger charge is -2.14. The second-order valence-electron chi connectivity index (χ2n) is 4.98. The minimum Gasteiger partial charge on any atom is -0.320 e. The van der Waals surface area contributed by atoms with Gasteiger partial charge in [-0.15, -0.1) is 11.3 Å². The summed E-state index contributed by atoms with van der Waals surface area (Å²) in [4.78, 5) is 3.81. The molecule has 1 saturated carbocycles. The SMILES string of the molecule is CC1CC1CN(C)Cc1cc(C#CCN)cs1. The van der Waals surface area contributed by atoms with Crippen LogP contribution in [0, 0.1) is 23.7 Å². The fraction of sp³-hybridized carbons (Fsp3) is 0.571. The topological polar surface area (TPSA) is 29.3 Å². The van der Waals surface area contributed by atoms with Gasteiger partial charge in [-0.3, -0.25) is 0 Å². The number of hydrogen-bond acceptors (Lipinski definition) is 3. The molecule has 2 N–H and O–H groups in total. The Bertz CT molecular complexity index is 427. The molecule has 17 heavy (non-hydrogen) atoms. The van der Waals surface area contributed by atoms with Gasteiger partial charge in [-0.2, -0.15) is 0 Å². The number of hydrogen-bond donors (Lipinski definition) is 1. The van der Waals surface area contributed by atoms with Crippen molar-refractivity contribution >= 4 is 11.3 Å². The van der Waals surface area contributed by atoms with Gasteiger partial charge in [-0.1, -0.05) is 18.8 Å². The molecule has 0 amide bonds. The van der Waals surface area contributed by atoms with E-state index in [0.29, 0.717) is 6.54 Å². The molecule has 0 aliphatic heterocycles. The highest BCUT2D eigenvalue weighted by Gasteiger charge is 2.32. The number of nitrogens with zero attached hydrogens (tertiary/aromatic N) is 1. The van der Waals surface area contributed by atoms with Crippen molar-refractivity contribution in [2.75, 3.05) is 20.1 Å². The zero-order valence-corrected chi connectivity index (χ0v) is 11.4. The summed E-state index contributed by atoms with van der Waals surface area (Å²) in [6, 6.07) is 2.18. The Kier molecular flexibility index (Phi) is 4.22. The lowest BCUT2D eigenvalue weighted by molar-refractivity contribution is 0.310. The van der Waals surface area contributed by atoms with Crippen molar-refractivity contribution in [2.24, 2.45) is 17.6 Å². The lowest BCUT2D eigenvalue weighted by Crippen LogP contribution is -2.20. The fourth-order valence-electron chi connectivity index (χ4n) is 2.07. The predicted molar refractivity (Wildman–Crippen MR) is 73.9 cm³/mol. The second kappa shape index (κ2) is 5.68. The summed E-state index contributed by atoms with van der Waals surface area (Å²) in [6.45, 7) is 5.04. The third kappa shape index (κ3) is 3.85. The first kappa shape index (κ1) is 12.6. The van der Waals surface area contributed by atoms with Crippen LogP contribution in [0.1, 0.15) is 23.8 Å². The molecule has 1 heterocycles. The molecule has 0 bridgehead atoms. The van der Waals surface area contributed by atoms with Crippen LogP contribution in [-0.2, 0) is 6.54 Å². The molecule has 1 fully saturated rings. The zero-order chi connectivity index (χ0) is 12.3. The van der Waals surface area contributed by atoms with Crippen LogP contribution in [0.3, 0.4) is 0 Å². The lowest BCUT2D eigenvalue weighted by atomic mass is 10.3. The largest absolute Gasteiger partial charge is 0.320 e. The van der Waals surface area contributed by atoms with Crippen LogP contribution in [0.15, 0.2) is 11.4 Å². The van der Waals surface area contributed by atoms with Crippen LogP contribution in [0.4, 0.5) is 0 Å². The molecule has 1 aliphatic carbocycles. The Morgan fingerprint density at radius 2 is 2.35 bits per heavy atom. The van der Waals surface area contributed by atoms with Crippen LogP contribution in [0.2, 0.25) is 0 Å².